The van der Waals surface area contributed by atoms with Crippen LogP contribution in [0.3, 0.4) is 0 Å². The van der Waals surface area contributed by atoms with Gasteiger partial charge in [0.1, 0.15) is 4.83 Å². The fraction of sp³-hybridized carbons (Fsp3) is 0.533. The summed E-state index contributed by atoms with van der Waals surface area (Å²) >= 11 is 1.57. The number of hydrogen-bond acceptors (Lipinski definition) is 5. The Morgan fingerprint density at radius 2 is 2.00 bits per heavy atom. The number of likely N-dealkylation sites (N-methyl/N-ethyl adjacent to an activating group) is 1. The van der Waals surface area contributed by atoms with E-state index < -0.39 is 0 Å². The van der Waals surface area contributed by atoms with Gasteiger partial charge < -0.3 is 14.8 Å². The van der Waals surface area contributed by atoms with Gasteiger partial charge in [0, 0.05) is 31.1 Å². The van der Waals surface area contributed by atoms with Gasteiger partial charge in [0.25, 0.3) is 11.5 Å². The SMILES string of the molecule is CN1CCN(C(=O)c2nc3sc4c(c3c(=O)[nH]2)CCC4)CC1. The van der Waals surface area contributed by atoms with E-state index in [2.05, 4.69) is 14.9 Å². The zero-order valence-corrected chi connectivity index (χ0v) is 13.3. The summed E-state index contributed by atoms with van der Waals surface area (Å²) in [5.41, 5.74) is 0.981. The van der Waals surface area contributed by atoms with Crippen LogP contribution in [0, 0.1) is 0 Å². The maximum atomic E-state index is 12.6. The van der Waals surface area contributed by atoms with Crippen LogP contribution in [0.25, 0.3) is 10.2 Å². The van der Waals surface area contributed by atoms with Crippen molar-refractivity contribution < 1.29 is 4.79 Å². The van der Waals surface area contributed by atoms with Gasteiger partial charge in [-0.3, -0.25) is 9.59 Å². The van der Waals surface area contributed by atoms with Gasteiger partial charge in [-0.15, -0.1) is 11.3 Å². The average Bonchev–Trinajstić information content (AvgIpc) is 3.07. The van der Waals surface area contributed by atoms with Gasteiger partial charge in [0.15, 0.2) is 0 Å². The van der Waals surface area contributed by atoms with Gasteiger partial charge >= 0.3 is 0 Å². The first-order valence-electron chi connectivity index (χ1n) is 7.66. The van der Waals surface area contributed by atoms with Crippen LogP contribution in [0.5, 0.6) is 0 Å². The van der Waals surface area contributed by atoms with Crippen molar-refractivity contribution in [3.05, 3.63) is 26.6 Å². The Hall–Kier alpha value is -1.73. The molecule has 2 aromatic heterocycles. The van der Waals surface area contributed by atoms with E-state index in [0.29, 0.717) is 23.3 Å². The van der Waals surface area contributed by atoms with Crippen LogP contribution in [0.2, 0.25) is 0 Å². The predicted octanol–water partition coefficient (Wildman–Crippen LogP) is 0.861. The third-order valence-corrected chi connectivity index (χ3v) is 5.75. The molecule has 1 fully saturated rings. The fourth-order valence-corrected chi connectivity index (χ4v) is 4.52. The second-order valence-corrected chi connectivity index (χ2v) is 7.13. The number of H-pyrrole nitrogens is 1. The van der Waals surface area contributed by atoms with E-state index in [4.69, 9.17) is 0 Å². The lowest BCUT2D eigenvalue weighted by molar-refractivity contribution is 0.0652. The maximum absolute atomic E-state index is 12.6. The number of aromatic amines is 1. The Kier molecular flexibility index (Phi) is 3.27. The van der Waals surface area contributed by atoms with Crippen molar-refractivity contribution in [3.8, 4) is 0 Å². The van der Waals surface area contributed by atoms with E-state index in [-0.39, 0.29) is 17.3 Å². The predicted molar refractivity (Wildman–Crippen MR) is 85.7 cm³/mol. The number of hydrogen-bond donors (Lipinski definition) is 1. The maximum Gasteiger partial charge on any atom is 0.289 e. The first kappa shape index (κ1) is 13.9. The lowest BCUT2D eigenvalue weighted by Gasteiger charge is -2.31. The highest BCUT2D eigenvalue weighted by atomic mass is 32.1. The Bertz CT molecular complexity index is 802. The summed E-state index contributed by atoms with van der Waals surface area (Å²) in [5, 5.41) is 0.701. The molecule has 1 aliphatic carbocycles. The number of amides is 1. The smallest absolute Gasteiger partial charge is 0.289 e. The van der Waals surface area contributed by atoms with Gasteiger partial charge in [0.2, 0.25) is 5.82 Å². The number of piperazine rings is 1. The molecule has 1 N–H and O–H groups in total. The number of nitrogens with zero attached hydrogens (tertiary/aromatic N) is 3. The summed E-state index contributed by atoms with van der Waals surface area (Å²) in [6.07, 6.45) is 3.09. The van der Waals surface area contributed by atoms with Crippen LogP contribution in [0.1, 0.15) is 27.5 Å². The summed E-state index contributed by atoms with van der Waals surface area (Å²) in [6.45, 7) is 3.06. The molecule has 4 rings (SSSR count). The second-order valence-electron chi connectivity index (χ2n) is 6.05. The molecular weight excluding hydrogens is 300 g/mol. The van der Waals surface area contributed by atoms with Crippen LogP contribution < -0.4 is 5.56 Å². The molecule has 116 valence electrons. The number of carbonyl (C=O) groups is 1. The first-order valence-corrected chi connectivity index (χ1v) is 8.47. The van der Waals surface area contributed by atoms with Crippen molar-refractivity contribution in [1.29, 1.82) is 0 Å². The molecule has 0 atom stereocenters. The summed E-state index contributed by atoms with van der Waals surface area (Å²) < 4.78 is 0. The van der Waals surface area contributed by atoms with Crippen LogP contribution in [0.4, 0.5) is 0 Å². The normalized spacial score (nSPS) is 18.9. The molecule has 0 aromatic carbocycles. The Balaban J connectivity index is 1.71. The minimum atomic E-state index is -0.166. The monoisotopic (exact) mass is 318 g/mol. The highest BCUT2D eigenvalue weighted by molar-refractivity contribution is 7.18. The summed E-state index contributed by atoms with van der Waals surface area (Å²) in [6, 6.07) is 0. The number of fused-ring (bicyclic) bond motifs is 3. The first-order chi connectivity index (χ1) is 10.6. The highest BCUT2D eigenvalue weighted by Gasteiger charge is 2.25. The van der Waals surface area contributed by atoms with Crippen LogP contribution in [0.15, 0.2) is 4.79 Å². The van der Waals surface area contributed by atoms with E-state index in [0.717, 1.165) is 37.9 Å². The summed E-state index contributed by atoms with van der Waals surface area (Å²) in [7, 11) is 2.04. The summed E-state index contributed by atoms with van der Waals surface area (Å²) in [4.78, 5) is 38.0. The molecule has 7 heteroatoms. The number of carbonyl (C=O) groups excluding carboxylic acids is 1. The van der Waals surface area contributed by atoms with Crippen molar-refractivity contribution >= 4 is 27.5 Å². The molecular formula is C15H18N4O2S. The topological polar surface area (TPSA) is 69.3 Å². The molecule has 1 saturated heterocycles. The van der Waals surface area contributed by atoms with Gasteiger partial charge in [-0.2, -0.15) is 0 Å². The zero-order valence-electron chi connectivity index (χ0n) is 12.5. The number of nitrogens with one attached hydrogen (secondary N) is 1. The van der Waals surface area contributed by atoms with Crippen molar-refractivity contribution in [2.45, 2.75) is 19.3 Å². The van der Waals surface area contributed by atoms with Gasteiger partial charge in [-0.05, 0) is 31.9 Å². The summed E-state index contributed by atoms with van der Waals surface area (Å²) in [5.74, 6) is 0.0163. The van der Waals surface area contributed by atoms with Crippen molar-refractivity contribution in [2.24, 2.45) is 0 Å². The molecule has 1 aliphatic heterocycles. The standard InChI is InChI=1S/C15H18N4O2S/c1-18-5-7-19(8-6-18)15(21)12-16-13(20)11-9-3-2-4-10(9)22-14(11)17-12/h2-8H2,1H3,(H,16,17,20). The quantitative estimate of drug-likeness (QED) is 0.847. The minimum Gasteiger partial charge on any atom is -0.333 e. The number of aromatic nitrogens is 2. The molecule has 0 spiro atoms. The van der Waals surface area contributed by atoms with Crippen LogP contribution in [-0.2, 0) is 12.8 Å². The Morgan fingerprint density at radius 1 is 1.23 bits per heavy atom. The largest absolute Gasteiger partial charge is 0.333 e. The van der Waals surface area contributed by atoms with Crippen LogP contribution in [-0.4, -0.2) is 58.9 Å². The van der Waals surface area contributed by atoms with Gasteiger partial charge in [-0.1, -0.05) is 0 Å². The fourth-order valence-electron chi connectivity index (χ4n) is 3.26. The van der Waals surface area contributed by atoms with E-state index >= 15 is 0 Å². The van der Waals surface area contributed by atoms with Crippen molar-refractivity contribution in [1.82, 2.24) is 19.8 Å². The third kappa shape index (κ3) is 2.16. The van der Waals surface area contributed by atoms with E-state index in [9.17, 15) is 9.59 Å². The number of aryl methyl sites for hydroxylation is 2. The molecule has 6 nitrogen and oxygen atoms in total. The van der Waals surface area contributed by atoms with Gasteiger partial charge in [-0.25, -0.2) is 4.98 Å². The Morgan fingerprint density at radius 3 is 2.77 bits per heavy atom. The lowest BCUT2D eigenvalue weighted by atomic mass is 10.2. The molecule has 3 heterocycles. The second kappa shape index (κ2) is 5.17. The van der Waals surface area contributed by atoms with Gasteiger partial charge in [0.05, 0.1) is 5.39 Å². The Labute approximate surface area is 131 Å². The number of thiophene rings is 1. The van der Waals surface area contributed by atoms with Crippen molar-refractivity contribution in [3.63, 3.8) is 0 Å². The number of rotatable bonds is 1. The van der Waals surface area contributed by atoms with E-state index in [1.807, 2.05) is 7.05 Å². The molecule has 1 amide bonds. The third-order valence-electron chi connectivity index (χ3n) is 4.57. The van der Waals surface area contributed by atoms with Crippen molar-refractivity contribution in [2.75, 3.05) is 33.2 Å². The molecule has 0 unspecified atom stereocenters. The lowest BCUT2D eigenvalue weighted by Crippen LogP contribution is -2.47. The molecule has 2 aromatic rings. The molecule has 0 saturated carbocycles. The van der Waals surface area contributed by atoms with E-state index in [1.54, 1.807) is 16.2 Å². The van der Waals surface area contributed by atoms with E-state index in [1.165, 1.54) is 4.88 Å². The highest BCUT2D eigenvalue weighted by Crippen LogP contribution is 2.34. The molecule has 22 heavy (non-hydrogen) atoms. The van der Waals surface area contributed by atoms with Crippen LogP contribution >= 0.6 is 11.3 Å². The zero-order chi connectivity index (χ0) is 15.3. The molecule has 0 bridgehead atoms. The average molecular weight is 318 g/mol. The minimum absolute atomic E-state index is 0.165. The molecule has 2 aliphatic rings. The molecule has 0 radical (unpaired) electrons.